The van der Waals surface area contributed by atoms with Crippen molar-refractivity contribution >= 4 is 17.6 Å². The van der Waals surface area contributed by atoms with Crippen LogP contribution in [0.1, 0.15) is 27.2 Å². The monoisotopic (exact) mass is 329 g/mol. The number of carbonyl (C=O) groups excluding carboxylic acids is 2. The second-order valence-corrected chi connectivity index (χ2v) is 5.01. The van der Waals surface area contributed by atoms with Crippen molar-refractivity contribution in [3.8, 4) is 5.75 Å². The van der Waals surface area contributed by atoms with Gasteiger partial charge in [0.1, 0.15) is 11.8 Å². The minimum absolute atomic E-state index is 0.00465. The van der Waals surface area contributed by atoms with Gasteiger partial charge in [0, 0.05) is 6.04 Å². The van der Waals surface area contributed by atoms with Gasteiger partial charge in [0.15, 0.2) is 0 Å². The molecule has 0 aliphatic heterocycles. The van der Waals surface area contributed by atoms with Gasteiger partial charge >= 0.3 is 12.6 Å². The van der Waals surface area contributed by atoms with Crippen LogP contribution in [0.25, 0.3) is 0 Å². The minimum atomic E-state index is -3.00. The van der Waals surface area contributed by atoms with Crippen molar-refractivity contribution in [2.24, 2.45) is 0 Å². The molecule has 0 spiro atoms. The maximum Gasteiger partial charge on any atom is 0.387 e. The first kappa shape index (κ1) is 18.7. The maximum absolute atomic E-state index is 12.3. The Bertz CT molecular complexity index is 540. The molecule has 0 unspecified atom stereocenters. The highest BCUT2D eigenvalue weighted by Gasteiger charge is 2.18. The second kappa shape index (κ2) is 8.92. The number of amides is 3. The third kappa shape index (κ3) is 6.50. The number of carbonyl (C=O) groups is 2. The molecule has 8 heteroatoms. The van der Waals surface area contributed by atoms with E-state index in [1.807, 2.05) is 13.8 Å². The highest BCUT2D eigenvalue weighted by molar-refractivity contribution is 5.94. The summed E-state index contributed by atoms with van der Waals surface area (Å²) in [6.45, 7) is 2.30. The van der Waals surface area contributed by atoms with Crippen LogP contribution in [0, 0.1) is 0 Å². The van der Waals surface area contributed by atoms with Crippen LogP contribution in [-0.4, -0.2) is 30.6 Å². The maximum atomic E-state index is 12.3. The third-order valence-electron chi connectivity index (χ3n) is 3.09. The fourth-order valence-electron chi connectivity index (χ4n) is 1.66. The molecule has 0 aliphatic carbocycles. The summed E-state index contributed by atoms with van der Waals surface area (Å²) in [4.78, 5) is 23.7. The van der Waals surface area contributed by atoms with Crippen LogP contribution >= 0.6 is 0 Å². The zero-order valence-corrected chi connectivity index (χ0v) is 13.2. The molecular formula is C15H21F2N3O3. The Morgan fingerprint density at radius 2 is 1.83 bits per heavy atom. The number of halogens is 2. The molecule has 1 rings (SSSR count). The lowest BCUT2D eigenvalue weighted by molar-refractivity contribution is -0.123. The number of para-hydroxylation sites is 2. The van der Waals surface area contributed by atoms with Crippen molar-refractivity contribution in [3.63, 3.8) is 0 Å². The van der Waals surface area contributed by atoms with E-state index >= 15 is 0 Å². The van der Waals surface area contributed by atoms with Crippen molar-refractivity contribution in [1.29, 1.82) is 0 Å². The molecule has 3 N–H and O–H groups in total. The predicted octanol–water partition coefficient (Wildman–Crippen LogP) is 2.71. The number of anilines is 1. The van der Waals surface area contributed by atoms with E-state index in [2.05, 4.69) is 20.7 Å². The molecule has 6 nitrogen and oxygen atoms in total. The topological polar surface area (TPSA) is 79.5 Å². The van der Waals surface area contributed by atoms with Gasteiger partial charge in [0.2, 0.25) is 5.91 Å². The molecule has 2 atom stereocenters. The minimum Gasteiger partial charge on any atom is -0.433 e. The lowest BCUT2D eigenvalue weighted by Crippen LogP contribution is -2.48. The van der Waals surface area contributed by atoms with E-state index in [0.717, 1.165) is 6.42 Å². The number of nitrogens with one attached hydrogen (secondary N) is 3. The number of urea groups is 1. The number of hydrogen-bond acceptors (Lipinski definition) is 3. The lowest BCUT2D eigenvalue weighted by atomic mass is 10.2. The molecule has 0 fully saturated rings. The Labute approximate surface area is 133 Å². The first-order valence-electron chi connectivity index (χ1n) is 7.25. The van der Waals surface area contributed by atoms with Crippen LogP contribution in [0.4, 0.5) is 19.3 Å². The van der Waals surface area contributed by atoms with E-state index in [-0.39, 0.29) is 23.4 Å². The van der Waals surface area contributed by atoms with Gasteiger partial charge in [-0.1, -0.05) is 19.1 Å². The van der Waals surface area contributed by atoms with Crippen molar-refractivity contribution < 1.29 is 23.1 Å². The summed E-state index contributed by atoms with van der Waals surface area (Å²) >= 11 is 0. The average Bonchev–Trinajstić information content (AvgIpc) is 2.48. The molecule has 0 radical (unpaired) electrons. The van der Waals surface area contributed by atoms with E-state index < -0.39 is 18.7 Å². The van der Waals surface area contributed by atoms with Gasteiger partial charge in [-0.2, -0.15) is 8.78 Å². The van der Waals surface area contributed by atoms with E-state index in [9.17, 15) is 18.4 Å². The molecule has 0 aromatic heterocycles. The summed E-state index contributed by atoms with van der Waals surface area (Å²) in [7, 11) is 0. The highest BCUT2D eigenvalue weighted by Crippen LogP contribution is 2.25. The van der Waals surface area contributed by atoms with Crippen LogP contribution in [0.2, 0.25) is 0 Å². The Hall–Kier alpha value is -2.38. The van der Waals surface area contributed by atoms with Gasteiger partial charge in [0.25, 0.3) is 0 Å². The van der Waals surface area contributed by atoms with E-state index in [4.69, 9.17) is 0 Å². The quantitative estimate of drug-likeness (QED) is 0.719. The van der Waals surface area contributed by atoms with Gasteiger partial charge in [-0.25, -0.2) is 4.79 Å². The Kier molecular flexibility index (Phi) is 7.24. The molecular weight excluding hydrogens is 308 g/mol. The fraction of sp³-hybridized carbons (Fsp3) is 0.467. The van der Waals surface area contributed by atoms with Crippen LogP contribution in [0.15, 0.2) is 24.3 Å². The van der Waals surface area contributed by atoms with Crippen molar-refractivity contribution in [3.05, 3.63) is 24.3 Å². The van der Waals surface area contributed by atoms with Crippen LogP contribution < -0.4 is 20.7 Å². The standard InChI is InChI=1S/C15H21F2N3O3/c1-4-9(2)18-13(21)10(3)19-15(22)20-11-7-5-6-8-12(11)23-14(16)17/h5-10,14H,4H2,1-3H3,(H,18,21)(H2,19,20,22)/t9-,10-/m0/s1. The number of ether oxygens (including phenoxy) is 1. The van der Waals surface area contributed by atoms with Gasteiger partial charge < -0.3 is 20.7 Å². The number of hydrogen-bond donors (Lipinski definition) is 3. The summed E-state index contributed by atoms with van der Waals surface area (Å²) < 4.78 is 28.9. The van der Waals surface area contributed by atoms with Gasteiger partial charge in [-0.15, -0.1) is 0 Å². The Morgan fingerprint density at radius 3 is 2.43 bits per heavy atom. The zero-order valence-electron chi connectivity index (χ0n) is 13.2. The molecule has 0 saturated carbocycles. The van der Waals surface area contributed by atoms with Crippen molar-refractivity contribution in [2.75, 3.05) is 5.32 Å². The van der Waals surface area contributed by atoms with Crippen molar-refractivity contribution in [2.45, 2.75) is 45.9 Å². The molecule has 0 bridgehead atoms. The fourth-order valence-corrected chi connectivity index (χ4v) is 1.66. The third-order valence-corrected chi connectivity index (χ3v) is 3.09. The summed E-state index contributed by atoms with van der Waals surface area (Å²) in [5, 5.41) is 7.54. The normalized spacial score (nSPS) is 13.1. The van der Waals surface area contributed by atoms with Gasteiger partial charge in [-0.3, -0.25) is 4.79 Å². The molecule has 3 amide bonds. The van der Waals surface area contributed by atoms with Crippen LogP contribution in [-0.2, 0) is 4.79 Å². The molecule has 128 valence electrons. The first-order valence-corrected chi connectivity index (χ1v) is 7.25. The van der Waals surface area contributed by atoms with Crippen LogP contribution in [0.5, 0.6) is 5.75 Å². The SMILES string of the molecule is CC[C@H](C)NC(=O)[C@H](C)NC(=O)Nc1ccccc1OC(F)F. The molecule has 1 aromatic carbocycles. The number of rotatable bonds is 7. The highest BCUT2D eigenvalue weighted by atomic mass is 19.3. The molecule has 0 heterocycles. The molecule has 1 aromatic rings. The predicted molar refractivity (Wildman–Crippen MR) is 82.6 cm³/mol. The summed E-state index contributed by atoms with van der Waals surface area (Å²) in [5.41, 5.74) is 0.0832. The Balaban J connectivity index is 2.61. The first-order chi connectivity index (χ1) is 10.8. The van der Waals surface area contributed by atoms with Gasteiger partial charge in [-0.05, 0) is 32.4 Å². The van der Waals surface area contributed by atoms with Crippen molar-refractivity contribution in [1.82, 2.24) is 10.6 Å². The lowest BCUT2D eigenvalue weighted by Gasteiger charge is -2.18. The summed E-state index contributed by atoms with van der Waals surface area (Å²) in [6.07, 6.45) is 0.767. The molecule has 0 aliphatic rings. The number of alkyl halides is 2. The zero-order chi connectivity index (χ0) is 17.4. The summed E-state index contributed by atoms with van der Waals surface area (Å²) in [6, 6.07) is 4.32. The largest absolute Gasteiger partial charge is 0.433 e. The second-order valence-electron chi connectivity index (χ2n) is 5.01. The summed E-state index contributed by atoms with van der Waals surface area (Å²) in [5.74, 6) is -0.485. The number of benzene rings is 1. The smallest absolute Gasteiger partial charge is 0.387 e. The van der Waals surface area contributed by atoms with Crippen LogP contribution in [0.3, 0.4) is 0 Å². The Morgan fingerprint density at radius 1 is 1.17 bits per heavy atom. The van der Waals surface area contributed by atoms with E-state index in [1.165, 1.54) is 25.1 Å². The van der Waals surface area contributed by atoms with Gasteiger partial charge in [0.05, 0.1) is 5.69 Å². The molecule has 0 saturated heterocycles. The molecule has 23 heavy (non-hydrogen) atoms. The average molecular weight is 329 g/mol. The van der Waals surface area contributed by atoms with E-state index in [0.29, 0.717) is 0 Å². The van der Waals surface area contributed by atoms with E-state index in [1.54, 1.807) is 6.07 Å².